The fourth-order valence-electron chi connectivity index (χ4n) is 2.46. The van der Waals surface area contributed by atoms with Gasteiger partial charge in [-0.1, -0.05) is 36.4 Å². The van der Waals surface area contributed by atoms with Gasteiger partial charge in [0.1, 0.15) is 0 Å². The van der Waals surface area contributed by atoms with E-state index >= 15 is 0 Å². The highest BCUT2D eigenvalue weighted by atomic mass is 32.2. The lowest BCUT2D eigenvalue weighted by molar-refractivity contribution is -0.117. The Hall–Kier alpha value is -1.66. The Bertz CT molecular complexity index is 639. The van der Waals surface area contributed by atoms with Crippen molar-refractivity contribution in [2.45, 2.75) is 12.8 Å². The van der Waals surface area contributed by atoms with E-state index in [1.54, 1.807) is 0 Å². The van der Waals surface area contributed by atoms with Crippen molar-refractivity contribution in [3.8, 4) is 0 Å². The highest BCUT2D eigenvalue weighted by molar-refractivity contribution is 7.91. The predicted molar refractivity (Wildman–Crippen MR) is 87.9 cm³/mol. The fourth-order valence-corrected chi connectivity index (χ4v) is 3.71. The van der Waals surface area contributed by atoms with Crippen LogP contribution in [0.5, 0.6) is 0 Å². The summed E-state index contributed by atoms with van der Waals surface area (Å²) >= 11 is 0. The molecular weight excluding hydrogens is 300 g/mol. The molecule has 2 N–H and O–H groups in total. The average molecular weight is 322 g/mol. The molecule has 0 radical (unpaired) electrons. The Kier molecular flexibility index (Phi) is 5.74. The minimum Gasteiger partial charge on any atom is -0.370 e. The molecule has 0 saturated carbocycles. The van der Waals surface area contributed by atoms with Crippen molar-refractivity contribution in [3.63, 3.8) is 0 Å². The summed E-state index contributed by atoms with van der Waals surface area (Å²) in [5.74, 6) is -0.646. The van der Waals surface area contributed by atoms with Crippen LogP contribution in [-0.2, 0) is 14.6 Å². The second-order valence-corrected chi connectivity index (χ2v) is 7.82. The molecule has 6 heteroatoms. The van der Waals surface area contributed by atoms with Crippen molar-refractivity contribution in [1.82, 2.24) is 4.90 Å². The van der Waals surface area contributed by atoms with E-state index in [0.29, 0.717) is 6.54 Å². The van der Waals surface area contributed by atoms with E-state index in [-0.39, 0.29) is 17.9 Å². The van der Waals surface area contributed by atoms with Gasteiger partial charge in [0.05, 0.1) is 11.5 Å². The molecule has 0 aliphatic carbocycles. The van der Waals surface area contributed by atoms with E-state index in [1.807, 2.05) is 18.2 Å². The Balaban J connectivity index is 1.82. The van der Waals surface area contributed by atoms with Gasteiger partial charge in [0.2, 0.25) is 5.91 Å². The van der Waals surface area contributed by atoms with Crippen molar-refractivity contribution in [1.29, 1.82) is 0 Å². The van der Waals surface area contributed by atoms with Crippen LogP contribution in [0.25, 0.3) is 5.57 Å². The van der Waals surface area contributed by atoms with Gasteiger partial charge in [0.15, 0.2) is 9.84 Å². The van der Waals surface area contributed by atoms with Gasteiger partial charge in [-0.2, -0.15) is 0 Å². The molecule has 0 atom stereocenters. The second kappa shape index (κ2) is 7.56. The molecule has 22 heavy (non-hydrogen) atoms. The number of benzene rings is 1. The molecule has 120 valence electrons. The maximum atomic E-state index is 11.8. The van der Waals surface area contributed by atoms with Crippen LogP contribution in [-0.4, -0.2) is 50.4 Å². The monoisotopic (exact) mass is 322 g/mol. The molecule has 0 saturated heterocycles. The van der Waals surface area contributed by atoms with Gasteiger partial charge < -0.3 is 5.73 Å². The van der Waals surface area contributed by atoms with Crippen LogP contribution < -0.4 is 5.73 Å². The molecule has 0 unspecified atom stereocenters. The molecule has 0 spiro atoms. The van der Waals surface area contributed by atoms with Gasteiger partial charge in [-0.05, 0) is 17.6 Å². The topological polar surface area (TPSA) is 80.5 Å². The first-order valence-corrected chi connectivity index (χ1v) is 9.24. The van der Waals surface area contributed by atoms with Crippen LogP contribution in [0.4, 0.5) is 0 Å². The van der Waals surface area contributed by atoms with Gasteiger partial charge in [0.25, 0.3) is 0 Å². The van der Waals surface area contributed by atoms with Crippen molar-refractivity contribution >= 4 is 21.3 Å². The summed E-state index contributed by atoms with van der Waals surface area (Å²) in [7, 11) is -3.20. The molecule has 1 aromatic carbocycles. The summed E-state index contributed by atoms with van der Waals surface area (Å²) in [4.78, 5) is 12.8. The lowest BCUT2D eigenvalue weighted by Crippen LogP contribution is -2.34. The van der Waals surface area contributed by atoms with Crippen molar-refractivity contribution in [2.24, 2.45) is 5.73 Å². The number of amides is 1. The smallest absolute Gasteiger partial charge is 0.218 e. The molecule has 1 aromatic rings. The zero-order valence-electron chi connectivity index (χ0n) is 12.6. The number of nitrogens with zero attached hydrogens (tertiary/aromatic N) is 1. The Morgan fingerprint density at radius 1 is 1.18 bits per heavy atom. The Morgan fingerprint density at radius 3 is 2.50 bits per heavy atom. The summed E-state index contributed by atoms with van der Waals surface area (Å²) < 4.78 is 23.6. The minimum atomic E-state index is -3.20. The number of primary amides is 1. The van der Waals surface area contributed by atoms with Crippen molar-refractivity contribution in [3.05, 3.63) is 42.0 Å². The SMILES string of the molecule is NC(=O)CCS(=O)(=O)CCN1CC=C(c2ccccc2)CC1. The molecule has 2 rings (SSSR count). The molecule has 5 nitrogen and oxygen atoms in total. The number of sulfone groups is 1. The first kappa shape index (κ1) is 16.7. The average Bonchev–Trinajstić information content (AvgIpc) is 2.53. The van der Waals surface area contributed by atoms with Crippen molar-refractivity contribution in [2.75, 3.05) is 31.1 Å². The Labute approximate surface area is 131 Å². The van der Waals surface area contributed by atoms with Crippen LogP contribution in [0.1, 0.15) is 18.4 Å². The molecular formula is C16H22N2O3S. The number of hydrogen-bond donors (Lipinski definition) is 1. The molecule has 1 amide bonds. The lowest BCUT2D eigenvalue weighted by atomic mass is 10.00. The summed E-state index contributed by atoms with van der Waals surface area (Å²) in [5, 5.41) is 0. The molecule has 0 bridgehead atoms. The molecule has 1 heterocycles. The molecule has 0 fully saturated rings. The van der Waals surface area contributed by atoms with Crippen LogP contribution >= 0.6 is 0 Å². The van der Waals surface area contributed by atoms with E-state index in [4.69, 9.17) is 5.73 Å². The van der Waals surface area contributed by atoms with Gasteiger partial charge >= 0.3 is 0 Å². The zero-order valence-corrected chi connectivity index (χ0v) is 13.4. The minimum absolute atomic E-state index is 0.0782. The molecule has 1 aliphatic rings. The molecule has 1 aliphatic heterocycles. The van der Waals surface area contributed by atoms with E-state index < -0.39 is 15.7 Å². The Morgan fingerprint density at radius 2 is 1.91 bits per heavy atom. The highest BCUT2D eigenvalue weighted by Gasteiger charge is 2.17. The van der Waals surface area contributed by atoms with Gasteiger partial charge in [-0.3, -0.25) is 9.69 Å². The van der Waals surface area contributed by atoms with Crippen LogP contribution in [0.15, 0.2) is 36.4 Å². The van der Waals surface area contributed by atoms with Crippen LogP contribution in [0.2, 0.25) is 0 Å². The number of carbonyl (C=O) groups is 1. The number of nitrogens with two attached hydrogens (primary N) is 1. The zero-order chi connectivity index (χ0) is 16.0. The standard InChI is InChI=1S/C16H22N2O3S/c17-16(19)8-12-22(20,21)13-11-18-9-6-15(7-10-18)14-4-2-1-3-5-14/h1-6H,7-13H2,(H2,17,19). The van der Waals surface area contributed by atoms with Gasteiger partial charge in [-0.15, -0.1) is 0 Å². The van der Waals surface area contributed by atoms with E-state index in [2.05, 4.69) is 23.1 Å². The van der Waals surface area contributed by atoms with E-state index in [0.717, 1.165) is 19.5 Å². The summed E-state index contributed by atoms with van der Waals surface area (Å²) in [5.41, 5.74) is 7.53. The van der Waals surface area contributed by atoms with Crippen molar-refractivity contribution < 1.29 is 13.2 Å². The quantitative estimate of drug-likeness (QED) is 0.814. The fraction of sp³-hybridized carbons (Fsp3) is 0.438. The van der Waals surface area contributed by atoms with Crippen LogP contribution in [0, 0.1) is 0 Å². The normalized spacial score (nSPS) is 16.3. The third kappa shape index (κ3) is 5.27. The maximum Gasteiger partial charge on any atom is 0.218 e. The summed E-state index contributed by atoms with van der Waals surface area (Å²) in [6, 6.07) is 10.2. The predicted octanol–water partition coefficient (Wildman–Crippen LogP) is 1.07. The van der Waals surface area contributed by atoms with Gasteiger partial charge in [-0.25, -0.2) is 8.42 Å². The third-order valence-electron chi connectivity index (χ3n) is 3.82. The largest absolute Gasteiger partial charge is 0.370 e. The number of rotatable bonds is 7. The number of hydrogen-bond acceptors (Lipinski definition) is 4. The first-order chi connectivity index (χ1) is 10.5. The lowest BCUT2D eigenvalue weighted by Gasteiger charge is -2.26. The first-order valence-electron chi connectivity index (χ1n) is 7.42. The van der Waals surface area contributed by atoms with E-state index in [1.165, 1.54) is 11.1 Å². The third-order valence-corrected chi connectivity index (χ3v) is 5.45. The highest BCUT2D eigenvalue weighted by Crippen LogP contribution is 2.21. The van der Waals surface area contributed by atoms with Crippen LogP contribution in [0.3, 0.4) is 0 Å². The molecule has 0 aromatic heterocycles. The van der Waals surface area contributed by atoms with E-state index in [9.17, 15) is 13.2 Å². The number of carbonyl (C=O) groups excluding carboxylic acids is 1. The maximum absolute atomic E-state index is 11.8. The summed E-state index contributed by atoms with van der Waals surface area (Å²) in [6.07, 6.45) is 2.99. The summed E-state index contributed by atoms with van der Waals surface area (Å²) in [6.45, 7) is 2.11. The second-order valence-electron chi connectivity index (χ2n) is 5.51. The van der Waals surface area contributed by atoms with Gasteiger partial charge in [0, 0.05) is 26.1 Å².